The highest BCUT2D eigenvalue weighted by atomic mass is 79.9. The van der Waals surface area contributed by atoms with Gasteiger partial charge in [0.05, 0.1) is 5.52 Å². The lowest BCUT2D eigenvalue weighted by Crippen LogP contribution is -1.96. The number of halogens is 1. The second kappa shape index (κ2) is 4.30. The van der Waals surface area contributed by atoms with Gasteiger partial charge in [-0.3, -0.25) is 4.79 Å². The van der Waals surface area contributed by atoms with Crippen LogP contribution in [0.1, 0.15) is 47.7 Å². The van der Waals surface area contributed by atoms with Gasteiger partial charge >= 0.3 is 0 Å². The minimum absolute atomic E-state index is 0.537. The molecule has 3 heteroatoms. The molecular formula is C14H14BrNO. The summed E-state index contributed by atoms with van der Waals surface area (Å²) in [7, 11) is 0. The number of H-pyrrole nitrogens is 1. The third-order valence-electron chi connectivity index (χ3n) is 3.73. The number of para-hydroxylation sites is 1. The number of aldehydes is 1. The van der Waals surface area contributed by atoms with Gasteiger partial charge in [0, 0.05) is 21.1 Å². The average Bonchev–Trinajstić information content (AvgIpc) is 2.95. The van der Waals surface area contributed by atoms with Gasteiger partial charge in [-0.15, -0.1) is 0 Å². The maximum absolute atomic E-state index is 11.3. The molecule has 1 N–H and O–H groups in total. The lowest BCUT2D eigenvalue weighted by molar-refractivity contribution is 0.112. The quantitative estimate of drug-likeness (QED) is 0.817. The molecule has 1 heterocycles. The van der Waals surface area contributed by atoms with Gasteiger partial charge in [-0.05, 0) is 40.8 Å². The molecule has 0 aliphatic heterocycles. The van der Waals surface area contributed by atoms with Crippen LogP contribution in [0.15, 0.2) is 22.7 Å². The molecule has 1 fully saturated rings. The van der Waals surface area contributed by atoms with Gasteiger partial charge < -0.3 is 4.98 Å². The Labute approximate surface area is 109 Å². The van der Waals surface area contributed by atoms with Crippen molar-refractivity contribution < 1.29 is 4.79 Å². The number of carbonyl (C=O) groups is 1. The van der Waals surface area contributed by atoms with Gasteiger partial charge in [0.2, 0.25) is 0 Å². The standard InChI is InChI=1S/C14H14BrNO/c15-12-7-3-6-10-11(8-17)13(16-14(10)12)9-4-1-2-5-9/h3,6-9,16H,1-2,4-5H2. The summed E-state index contributed by atoms with van der Waals surface area (Å²) in [6, 6.07) is 6.00. The highest BCUT2D eigenvalue weighted by Crippen LogP contribution is 2.38. The lowest BCUT2D eigenvalue weighted by Gasteiger charge is -2.07. The third-order valence-corrected chi connectivity index (χ3v) is 4.40. The SMILES string of the molecule is O=Cc1c(C2CCCC2)[nH]c2c(Br)cccc12. The fourth-order valence-corrected chi connectivity index (χ4v) is 3.35. The fourth-order valence-electron chi connectivity index (χ4n) is 2.89. The smallest absolute Gasteiger partial charge is 0.152 e. The van der Waals surface area contributed by atoms with Crippen molar-refractivity contribution in [3.63, 3.8) is 0 Å². The van der Waals surface area contributed by atoms with Gasteiger partial charge in [0.25, 0.3) is 0 Å². The molecule has 1 aliphatic carbocycles. The molecule has 0 saturated heterocycles. The number of carbonyl (C=O) groups excluding carboxylic acids is 1. The molecule has 2 aromatic rings. The molecule has 0 atom stereocenters. The number of aromatic nitrogens is 1. The number of fused-ring (bicyclic) bond motifs is 1. The molecule has 0 amide bonds. The molecule has 0 bridgehead atoms. The Balaban J connectivity index is 2.23. The summed E-state index contributed by atoms with van der Waals surface area (Å²) < 4.78 is 1.03. The van der Waals surface area contributed by atoms with Crippen LogP contribution in [0.3, 0.4) is 0 Å². The summed E-state index contributed by atoms with van der Waals surface area (Å²) in [4.78, 5) is 14.8. The summed E-state index contributed by atoms with van der Waals surface area (Å²) >= 11 is 3.53. The molecule has 0 spiro atoms. The summed E-state index contributed by atoms with van der Waals surface area (Å²) in [5.74, 6) is 0.537. The number of benzene rings is 1. The first-order chi connectivity index (χ1) is 8.31. The molecule has 3 rings (SSSR count). The number of rotatable bonds is 2. The predicted molar refractivity (Wildman–Crippen MR) is 72.6 cm³/mol. The van der Waals surface area contributed by atoms with Crippen LogP contribution in [0.25, 0.3) is 10.9 Å². The van der Waals surface area contributed by atoms with Crippen molar-refractivity contribution in [2.45, 2.75) is 31.6 Å². The fraction of sp³-hybridized carbons (Fsp3) is 0.357. The van der Waals surface area contributed by atoms with Crippen LogP contribution in [0, 0.1) is 0 Å². The Kier molecular flexibility index (Phi) is 2.79. The highest BCUT2D eigenvalue weighted by molar-refractivity contribution is 9.10. The molecule has 1 aliphatic rings. The van der Waals surface area contributed by atoms with Gasteiger partial charge in [-0.2, -0.15) is 0 Å². The second-order valence-electron chi connectivity index (χ2n) is 4.71. The third kappa shape index (κ3) is 1.73. The Morgan fingerprint density at radius 1 is 1.29 bits per heavy atom. The number of hydrogen-bond donors (Lipinski definition) is 1. The van der Waals surface area contributed by atoms with E-state index >= 15 is 0 Å². The van der Waals surface area contributed by atoms with Gasteiger partial charge in [0.15, 0.2) is 6.29 Å². The van der Waals surface area contributed by atoms with Crippen LogP contribution in [-0.4, -0.2) is 11.3 Å². The van der Waals surface area contributed by atoms with Crippen molar-refractivity contribution in [3.8, 4) is 0 Å². The van der Waals surface area contributed by atoms with E-state index in [-0.39, 0.29) is 0 Å². The lowest BCUT2D eigenvalue weighted by atomic mass is 9.99. The zero-order chi connectivity index (χ0) is 11.8. The summed E-state index contributed by atoms with van der Waals surface area (Å²) in [6.07, 6.45) is 5.95. The molecule has 17 heavy (non-hydrogen) atoms. The van der Waals surface area contributed by atoms with Crippen molar-refractivity contribution in [3.05, 3.63) is 33.9 Å². The Morgan fingerprint density at radius 3 is 2.76 bits per heavy atom. The predicted octanol–water partition coefficient (Wildman–Crippen LogP) is 4.40. The first-order valence-corrected chi connectivity index (χ1v) is 6.86. The molecule has 88 valence electrons. The van der Waals surface area contributed by atoms with Crippen molar-refractivity contribution in [1.29, 1.82) is 0 Å². The molecule has 1 aromatic carbocycles. The maximum atomic E-state index is 11.3. The van der Waals surface area contributed by atoms with Crippen molar-refractivity contribution in [2.24, 2.45) is 0 Å². The van der Waals surface area contributed by atoms with Gasteiger partial charge in [-0.1, -0.05) is 25.0 Å². The first kappa shape index (κ1) is 11.0. The van der Waals surface area contributed by atoms with Crippen LogP contribution >= 0.6 is 15.9 Å². The summed E-state index contributed by atoms with van der Waals surface area (Å²) in [5, 5.41) is 1.04. The van der Waals surface area contributed by atoms with E-state index in [1.54, 1.807) is 0 Å². The molecule has 0 radical (unpaired) electrons. The summed E-state index contributed by atoms with van der Waals surface area (Å²) in [6.45, 7) is 0. The maximum Gasteiger partial charge on any atom is 0.152 e. The molecule has 1 saturated carbocycles. The molecule has 0 unspecified atom stereocenters. The van der Waals surface area contributed by atoms with Crippen molar-refractivity contribution >= 4 is 33.1 Å². The Hall–Kier alpha value is -1.09. The topological polar surface area (TPSA) is 32.9 Å². The summed E-state index contributed by atoms with van der Waals surface area (Å²) in [5.41, 5.74) is 3.05. The number of hydrogen-bond acceptors (Lipinski definition) is 1. The van der Waals surface area contributed by atoms with Crippen LogP contribution in [-0.2, 0) is 0 Å². The zero-order valence-corrected chi connectivity index (χ0v) is 11.1. The van der Waals surface area contributed by atoms with Crippen LogP contribution < -0.4 is 0 Å². The first-order valence-electron chi connectivity index (χ1n) is 6.06. The molecular weight excluding hydrogens is 278 g/mol. The number of aromatic amines is 1. The van der Waals surface area contributed by atoms with Crippen LogP contribution in [0.2, 0.25) is 0 Å². The normalized spacial score (nSPS) is 16.8. The number of nitrogens with one attached hydrogen (secondary N) is 1. The van der Waals surface area contributed by atoms with Crippen LogP contribution in [0.5, 0.6) is 0 Å². The van der Waals surface area contributed by atoms with E-state index in [1.165, 1.54) is 25.7 Å². The Morgan fingerprint density at radius 2 is 2.06 bits per heavy atom. The molecule has 1 aromatic heterocycles. The van der Waals surface area contributed by atoms with E-state index in [2.05, 4.69) is 20.9 Å². The van der Waals surface area contributed by atoms with E-state index in [0.29, 0.717) is 5.92 Å². The zero-order valence-electron chi connectivity index (χ0n) is 9.50. The van der Waals surface area contributed by atoms with E-state index < -0.39 is 0 Å². The average molecular weight is 292 g/mol. The van der Waals surface area contributed by atoms with Crippen LogP contribution in [0.4, 0.5) is 0 Å². The van der Waals surface area contributed by atoms with E-state index in [0.717, 1.165) is 32.9 Å². The Bertz CT molecular complexity index is 567. The van der Waals surface area contributed by atoms with Crippen molar-refractivity contribution in [2.75, 3.05) is 0 Å². The van der Waals surface area contributed by atoms with E-state index in [9.17, 15) is 4.79 Å². The van der Waals surface area contributed by atoms with E-state index in [4.69, 9.17) is 0 Å². The van der Waals surface area contributed by atoms with Crippen molar-refractivity contribution in [1.82, 2.24) is 4.98 Å². The largest absolute Gasteiger partial charge is 0.357 e. The van der Waals surface area contributed by atoms with Gasteiger partial charge in [-0.25, -0.2) is 0 Å². The molecule has 2 nitrogen and oxygen atoms in total. The minimum Gasteiger partial charge on any atom is -0.357 e. The van der Waals surface area contributed by atoms with Gasteiger partial charge in [0.1, 0.15) is 0 Å². The minimum atomic E-state index is 0.537. The second-order valence-corrected chi connectivity index (χ2v) is 5.57. The highest BCUT2D eigenvalue weighted by Gasteiger charge is 2.23. The van der Waals surface area contributed by atoms with E-state index in [1.807, 2.05) is 18.2 Å². The monoisotopic (exact) mass is 291 g/mol.